The summed E-state index contributed by atoms with van der Waals surface area (Å²) in [6.45, 7) is 7.45. The van der Waals surface area contributed by atoms with E-state index in [1.807, 2.05) is 0 Å². The zero-order valence-corrected chi connectivity index (χ0v) is 10.5. The summed E-state index contributed by atoms with van der Waals surface area (Å²) in [5, 5.41) is 0. The minimum atomic E-state index is -0.0158. The van der Waals surface area contributed by atoms with Crippen molar-refractivity contribution in [3.63, 3.8) is 0 Å². The summed E-state index contributed by atoms with van der Waals surface area (Å²) < 4.78 is 5.72. The van der Waals surface area contributed by atoms with E-state index < -0.39 is 0 Å². The second-order valence-corrected chi connectivity index (χ2v) is 4.60. The Kier molecular flexibility index (Phi) is 4.04. The molecule has 0 saturated carbocycles. The van der Waals surface area contributed by atoms with Crippen molar-refractivity contribution in [3.05, 3.63) is 23.8 Å². The fourth-order valence-electron chi connectivity index (χ4n) is 1.93. The topological polar surface area (TPSA) is 64.3 Å². The molecule has 1 fully saturated rings. The van der Waals surface area contributed by atoms with Crippen molar-refractivity contribution in [2.45, 2.75) is 32.5 Å². The monoisotopic (exact) mass is 236 g/mol. The van der Waals surface area contributed by atoms with Crippen molar-refractivity contribution >= 4 is 0 Å². The summed E-state index contributed by atoms with van der Waals surface area (Å²) in [6, 6.07) is 0.532. The Morgan fingerprint density at radius 2 is 2.18 bits per heavy atom. The molecule has 1 aromatic heterocycles. The van der Waals surface area contributed by atoms with Crippen LogP contribution in [0.25, 0.3) is 0 Å². The Morgan fingerprint density at radius 1 is 1.47 bits per heavy atom. The molecule has 0 radical (unpaired) electrons. The molecule has 0 amide bonds. The van der Waals surface area contributed by atoms with Gasteiger partial charge in [-0.05, 0) is 13.8 Å². The van der Waals surface area contributed by atoms with E-state index in [1.54, 1.807) is 12.4 Å². The number of nitrogens with two attached hydrogens (primary N) is 1. The number of nitrogens with zero attached hydrogens (tertiary/aromatic N) is 3. The van der Waals surface area contributed by atoms with Crippen LogP contribution in [0.2, 0.25) is 0 Å². The summed E-state index contributed by atoms with van der Waals surface area (Å²) in [6.07, 6.45) is 3.54. The minimum absolute atomic E-state index is 0.0158. The van der Waals surface area contributed by atoms with Crippen LogP contribution < -0.4 is 5.73 Å². The van der Waals surface area contributed by atoms with Crippen molar-refractivity contribution in [2.24, 2.45) is 5.73 Å². The predicted octanol–water partition coefficient (Wildman–Crippen LogP) is 0.717. The average molecular weight is 236 g/mol. The first-order valence-corrected chi connectivity index (χ1v) is 6.07. The van der Waals surface area contributed by atoms with E-state index in [9.17, 15) is 0 Å². The van der Waals surface area contributed by atoms with Crippen LogP contribution in [-0.4, -0.2) is 40.6 Å². The molecule has 5 heteroatoms. The predicted molar refractivity (Wildman–Crippen MR) is 65.3 cm³/mol. The maximum Gasteiger partial charge on any atom is 0.158 e. The first-order chi connectivity index (χ1) is 8.20. The van der Waals surface area contributed by atoms with Gasteiger partial charge in [-0.15, -0.1) is 0 Å². The number of hydrogen-bond acceptors (Lipinski definition) is 5. The number of rotatable bonds is 3. The van der Waals surface area contributed by atoms with E-state index in [0.717, 1.165) is 31.1 Å². The SMILES string of the molecule is CC(C)N1CCOC(c2ncc(CN)cn2)C1. The molecule has 17 heavy (non-hydrogen) atoms. The van der Waals surface area contributed by atoms with Crippen LogP contribution in [0.15, 0.2) is 12.4 Å². The third-order valence-electron chi connectivity index (χ3n) is 3.08. The second-order valence-electron chi connectivity index (χ2n) is 4.60. The Balaban J connectivity index is 2.05. The summed E-state index contributed by atoms with van der Waals surface area (Å²) in [7, 11) is 0. The molecule has 1 saturated heterocycles. The van der Waals surface area contributed by atoms with E-state index in [1.165, 1.54) is 0 Å². The van der Waals surface area contributed by atoms with Crippen molar-refractivity contribution < 1.29 is 4.74 Å². The highest BCUT2D eigenvalue weighted by Gasteiger charge is 2.25. The summed E-state index contributed by atoms with van der Waals surface area (Å²) in [4.78, 5) is 11.0. The van der Waals surface area contributed by atoms with Gasteiger partial charge in [-0.25, -0.2) is 9.97 Å². The Morgan fingerprint density at radius 3 is 2.76 bits per heavy atom. The van der Waals surface area contributed by atoms with E-state index in [0.29, 0.717) is 12.6 Å². The van der Waals surface area contributed by atoms with Crippen LogP contribution in [0, 0.1) is 0 Å². The van der Waals surface area contributed by atoms with Crippen LogP contribution in [0.5, 0.6) is 0 Å². The maximum atomic E-state index is 5.72. The lowest BCUT2D eigenvalue weighted by Gasteiger charge is -2.34. The molecule has 2 N–H and O–H groups in total. The van der Waals surface area contributed by atoms with Gasteiger partial charge < -0.3 is 10.5 Å². The number of ether oxygens (including phenoxy) is 1. The van der Waals surface area contributed by atoms with Gasteiger partial charge in [0.1, 0.15) is 6.10 Å². The first kappa shape index (κ1) is 12.4. The molecule has 1 aliphatic rings. The third kappa shape index (κ3) is 3.00. The lowest BCUT2D eigenvalue weighted by Crippen LogP contribution is -2.42. The van der Waals surface area contributed by atoms with Gasteiger partial charge in [-0.3, -0.25) is 4.90 Å². The standard InChI is InChI=1S/C12H20N4O/c1-9(2)16-3-4-17-11(8-16)12-14-6-10(5-13)7-15-12/h6-7,9,11H,3-5,8,13H2,1-2H3. The zero-order valence-electron chi connectivity index (χ0n) is 10.5. The van der Waals surface area contributed by atoms with Gasteiger partial charge in [0.2, 0.25) is 0 Å². The third-order valence-corrected chi connectivity index (χ3v) is 3.08. The maximum absolute atomic E-state index is 5.72. The fourth-order valence-corrected chi connectivity index (χ4v) is 1.93. The van der Waals surface area contributed by atoms with Crippen molar-refractivity contribution in [1.82, 2.24) is 14.9 Å². The highest BCUT2D eigenvalue weighted by Crippen LogP contribution is 2.20. The van der Waals surface area contributed by atoms with Gasteiger partial charge in [0.15, 0.2) is 5.82 Å². The Hall–Kier alpha value is -1.04. The quantitative estimate of drug-likeness (QED) is 0.837. The van der Waals surface area contributed by atoms with Gasteiger partial charge in [0.25, 0.3) is 0 Å². The fraction of sp³-hybridized carbons (Fsp3) is 0.667. The number of aromatic nitrogens is 2. The summed E-state index contributed by atoms with van der Waals surface area (Å²) >= 11 is 0. The smallest absolute Gasteiger partial charge is 0.158 e. The van der Waals surface area contributed by atoms with Crippen LogP contribution in [0.3, 0.4) is 0 Å². The zero-order chi connectivity index (χ0) is 12.3. The van der Waals surface area contributed by atoms with Crippen LogP contribution >= 0.6 is 0 Å². The molecule has 0 spiro atoms. The van der Waals surface area contributed by atoms with Crippen LogP contribution in [0.1, 0.15) is 31.3 Å². The highest BCUT2D eigenvalue weighted by atomic mass is 16.5. The van der Waals surface area contributed by atoms with Crippen molar-refractivity contribution in [1.29, 1.82) is 0 Å². The molecule has 1 atom stereocenters. The molecular formula is C12H20N4O. The molecule has 5 nitrogen and oxygen atoms in total. The Labute approximate surface area is 102 Å². The normalized spacial score (nSPS) is 22.0. The average Bonchev–Trinajstić information content (AvgIpc) is 2.39. The summed E-state index contributed by atoms with van der Waals surface area (Å²) in [5.74, 6) is 0.757. The van der Waals surface area contributed by atoms with Crippen LogP contribution in [-0.2, 0) is 11.3 Å². The molecular weight excluding hydrogens is 216 g/mol. The summed E-state index contributed by atoms with van der Waals surface area (Å²) in [5.41, 5.74) is 6.47. The minimum Gasteiger partial charge on any atom is -0.368 e. The number of morpholine rings is 1. The lowest BCUT2D eigenvalue weighted by atomic mass is 10.2. The highest BCUT2D eigenvalue weighted by molar-refractivity contribution is 5.06. The molecule has 0 aromatic carbocycles. The van der Waals surface area contributed by atoms with E-state index in [-0.39, 0.29) is 6.10 Å². The van der Waals surface area contributed by atoms with Crippen molar-refractivity contribution in [2.75, 3.05) is 19.7 Å². The van der Waals surface area contributed by atoms with E-state index in [4.69, 9.17) is 10.5 Å². The molecule has 0 aliphatic carbocycles. The Bertz CT molecular complexity index is 352. The van der Waals surface area contributed by atoms with Crippen molar-refractivity contribution in [3.8, 4) is 0 Å². The molecule has 0 bridgehead atoms. The van der Waals surface area contributed by atoms with Crippen LogP contribution in [0.4, 0.5) is 0 Å². The van der Waals surface area contributed by atoms with E-state index in [2.05, 4.69) is 28.7 Å². The van der Waals surface area contributed by atoms with Gasteiger partial charge in [0.05, 0.1) is 6.61 Å². The molecule has 1 aliphatic heterocycles. The van der Waals surface area contributed by atoms with Gasteiger partial charge in [0, 0.05) is 43.6 Å². The van der Waals surface area contributed by atoms with Gasteiger partial charge in [-0.2, -0.15) is 0 Å². The molecule has 94 valence electrons. The second kappa shape index (κ2) is 5.53. The van der Waals surface area contributed by atoms with E-state index >= 15 is 0 Å². The largest absolute Gasteiger partial charge is 0.368 e. The van der Waals surface area contributed by atoms with Gasteiger partial charge in [-0.1, -0.05) is 0 Å². The number of hydrogen-bond donors (Lipinski definition) is 1. The molecule has 2 rings (SSSR count). The lowest BCUT2D eigenvalue weighted by molar-refractivity contribution is -0.0443. The molecule has 1 aromatic rings. The molecule has 2 heterocycles. The first-order valence-electron chi connectivity index (χ1n) is 6.07. The van der Waals surface area contributed by atoms with Gasteiger partial charge >= 0.3 is 0 Å². The molecule has 1 unspecified atom stereocenters.